The molecule has 0 aromatic heterocycles. The Morgan fingerprint density at radius 2 is 1.70 bits per heavy atom. The van der Waals surface area contributed by atoms with Gasteiger partial charge in [0.15, 0.2) is 28.1 Å². The average Bonchev–Trinajstić information content (AvgIpc) is 2.71. The minimum atomic E-state index is 0.458. The van der Waals surface area contributed by atoms with E-state index in [9.17, 15) is 0 Å². The number of hydrogen-bond donors (Lipinski definition) is 2. The smallest absolute Gasteiger partial charge is 0.203 e. The number of thiocarbonyl (C=S) groups is 1. The summed E-state index contributed by atoms with van der Waals surface area (Å²) in [4.78, 5) is 0. The first kappa shape index (κ1) is 18.9. The number of benzene rings is 2. The molecule has 0 unspecified atom stereocenters. The molecule has 1 aliphatic heterocycles. The molecule has 2 aromatic carbocycles. The van der Waals surface area contributed by atoms with Crippen LogP contribution in [0.3, 0.4) is 0 Å². The summed E-state index contributed by atoms with van der Waals surface area (Å²) in [5, 5.41) is 6.78. The molecule has 0 spiro atoms. The topological polar surface area (TPSA) is 70.2 Å². The lowest BCUT2D eigenvalue weighted by Gasteiger charge is -2.20. The minimum Gasteiger partial charge on any atom is -0.493 e. The van der Waals surface area contributed by atoms with Crippen molar-refractivity contribution in [2.75, 3.05) is 39.9 Å². The van der Waals surface area contributed by atoms with Gasteiger partial charge in [-0.1, -0.05) is 0 Å². The lowest BCUT2D eigenvalue weighted by atomic mass is 10.1. The predicted molar refractivity (Wildman–Crippen MR) is 107 cm³/mol. The molecular weight excluding hydrogens is 368 g/mol. The quantitative estimate of drug-likeness (QED) is 0.730. The van der Waals surface area contributed by atoms with E-state index < -0.39 is 0 Å². The summed E-state index contributed by atoms with van der Waals surface area (Å²) in [6.07, 6.45) is 0. The lowest BCUT2D eigenvalue weighted by molar-refractivity contribution is 0.171. The van der Waals surface area contributed by atoms with Crippen molar-refractivity contribution in [2.45, 2.75) is 6.54 Å². The maximum atomic E-state index is 5.58. The van der Waals surface area contributed by atoms with Gasteiger partial charge >= 0.3 is 0 Å². The Labute approximate surface area is 163 Å². The summed E-state index contributed by atoms with van der Waals surface area (Å²) < 4.78 is 27.3. The first-order valence-corrected chi connectivity index (χ1v) is 8.79. The van der Waals surface area contributed by atoms with Crippen molar-refractivity contribution in [1.29, 1.82) is 0 Å². The number of nitrogens with one attached hydrogen (secondary N) is 2. The van der Waals surface area contributed by atoms with E-state index in [1.165, 1.54) is 0 Å². The van der Waals surface area contributed by atoms with Gasteiger partial charge in [0.2, 0.25) is 5.75 Å². The first-order chi connectivity index (χ1) is 13.2. The molecule has 0 aliphatic carbocycles. The monoisotopic (exact) mass is 390 g/mol. The molecule has 2 N–H and O–H groups in total. The second kappa shape index (κ2) is 8.68. The fourth-order valence-electron chi connectivity index (χ4n) is 2.77. The number of anilines is 1. The number of hydrogen-bond acceptors (Lipinski definition) is 6. The first-order valence-electron chi connectivity index (χ1n) is 8.38. The van der Waals surface area contributed by atoms with Crippen molar-refractivity contribution >= 4 is 23.0 Å². The molecule has 0 saturated carbocycles. The van der Waals surface area contributed by atoms with Gasteiger partial charge in [0.05, 0.1) is 21.3 Å². The lowest BCUT2D eigenvalue weighted by Crippen LogP contribution is -2.28. The molecule has 0 saturated heterocycles. The van der Waals surface area contributed by atoms with E-state index in [1.54, 1.807) is 21.3 Å². The van der Waals surface area contributed by atoms with E-state index >= 15 is 0 Å². The maximum absolute atomic E-state index is 5.58. The van der Waals surface area contributed by atoms with Crippen LogP contribution in [0.15, 0.2) is 30.3 Å². The Balaban J connectivity index is 1.65. The van der Waals surface area contributed by atoms with Crippen molar-refractivity contribution in [2.24, 2.45) is 0 Å². The van der Waals surface area contributed by atoms with Gasteiger partial charge in [0, 0.05) is 23.9 Å². The molecule has 2 aromatic rings. The van der Waals surface area contributed by atoms with E-state index in [0.717, 1.165) is 17.0 Å². The van der Waals surface area contributed by atoms with Crippen LogP contribution in [0.4, 0.5) is 5.69 Å². The van der Waals surface area contributed by atoms with Crippen molar-refractivity contribution in [3.05, 3.63) is 35.9 Å². The Bertz CT molecular complexity index is 828. The molecule has 7 nitrogen and oxygen atoms in total. The third-order valence-corrected chi connectivity index (χ3v) is 4.27. The van der Waals surface area contributed by atoms with Gasteiger partial charge in [0.1, 0.15) is 13.2 Å². The van der Waals surface area contributed by atoms with Crippen LogP contribution < -0.4 is 34.3 Å². The molecule has 0 bridgehead atoms. The van der Waals surface area contributed by atoms with Crippen LogP contribution in [-0.4, -0.2) is 39.7 Å². The third-order valence-electron chi connectivity index (χ3n) is 4.03. The van der Waals surface area contributed by atoms with Gasteiger partial charge < -0.3 is 34.3 Å². The van der Waals surface area contributed by atoms with Gasteiger partial charge in [-0.15, -0.1) is 0 Å². The van der Waals surface area contributed by atoms with Crippen molar-refractivity contribution in [3.8, 4) is 28.7 Å². The second-order valence-electron chi connectivity index (χ2n) is 5.66. The van der Waals surface area contributed by atoms with Gasteiger partial charge in [-0.05, 0) is 36.5 Å². The van der Waals surface area contributed by atoms with Gasteiger partial charge in [-0.25, -0.2) is 0 Å². The van der Waals surface area contributed by atoms with Crippen LogP contribution in [0, 0.1) is 0 Å². The molecule has 0 radical (unpaired) electrons. The molecule has 144 valence electrons. The molecule has 0 atom stereocenters. The molecule has 0 fully saturated rings. The predicted octanol–water partition coefficient (Wildman–Crippen LogP) is 2.97. The van der Waals surface area contributed by atoms with Gasteiger partial charge in [-0.3, -0.25) is 0 Å². The van der Waals surface area contributed by atoms with Crippen LogP contribution in [0.2, 0.25) is 0 Å². The molecule has 8 heteroatoms. The molecule has 27 heavy (non-hydrogen) atoms. The summed E-state index contributed by atoms with van der Waals surface area (Å²) in [6.45, 7) is 1.56. The molecule has 1 heterocycles. The van der Waals surface area contributed by atoms with E-state index in [1.807, 2.05) is 30.3 Å². The highest BCUT2D eigenvalue weighted by Crippen LogP contribution is 2.39. The highest BCUT2D eigenvalue weighted by atomic mass is 32.1. The summed E-state index contributed by atoms with van der Waals surface area (Å²) >= 11 is 5.39. The Morgan fingerprint density at radius 3 is 2.41 bits per heavy atom. The Hall–Kier alpha value is -2.87. The minimum absolute atomic E-state index is 0.458. The third kappa shape index (κ3) is 4.28. The van der Waals surface area contributed by atoms with Crippen LogP contribution in [-0.2, 0) is 6.54 Å². The van der Waals surface area contributed by atoms with Gasteiger partial charge in [0.25, 0.3) is 0 Å². The fourth-order valence-corrected chi connectivity index (χ4v) is 2.96. The summed E-state index contributed by atoms with van der Waals surface area (Å²) in [5.41, 5.74) is 1.71. The van der Waals surface area contributed by atoms with Crippen LogP contribution >= 0.6 is 12.2 Å². The summed E-state index contributed by atoms with van der Waals surface area (Å²) in [7, 11) is 4.75. The summed E-state index contributed by atoms with van der Waals surface area (Å²) in [6, 6.07) is 9.34. The largest absolute Gasteiger partial charge is 0.493 e. The molecule has 0 amide bonds. The molecule has 3 rings (SSSR count). The molecular formula is C19H22N2O5S. The summed E-state index contributed by atoms with van der Waals surface area (Å²) in [5.74, 6) is 3.20. The fraction of sp³-hybridized carbons (Fsp3) is 0.316. The van der Waals surface area contributed by atoms with E-state index in [4.69, 9.17) is 35.9 Å². The van der Waals surface area contributed by atoms with Crippen LogP contribution in [0.25, 0.3) is 0 Å². The van der Waals surface area contributed by atoms with Crippen molar-refractivity contribution < 1.29 is 23.7 Å². The number of fused-ring (bicyclic) bond motifs is 1. The normalized spacial score (nSPS) is 12.1. The van der Waals surface area contributed by atoms with Crippen LogP contribution in [0.5, 0.6) is 28.7 Å². The number of rotatable bonds is 6. The Kier molecular flexibility index (Phi) is 6.08. The standard InChI is InChI=1S/C19H22N2O5S/c1-22-15-6-4-12(17(23-2)18(15)24-3)11-20-19(27)21-13-5-7-14-16(10-13)26-9-8-25-14/h4-7,10H,8-9,11H2,1-3H3,(H2,20,21,27). The van der Waals surface area contributed by atoms with E-state index in [2.05, 4.69) is 10.6 Å². The highest BCUT2D eigenvalue weighted by molar-refractivity contribution is 7.80. The average molecular weight is 390 g/mol. The van der Waals surface area contributed by atoms with E-state index in [0.29, 0.717) is 47.9 Å². The molecule has 1 aliphatic rings. The number of ether oxygens (including phenoxy) is 5. The maximum Gasteiger partial charge on any atom is 0.203 e. The second-order valence-corrected chi connectivity index (χ2v) is 6.07. The highest BCUT2D eigenvalue weighted by Gasteiger charge is 2.16. The SMILES string of the molecule is COc1ccc(CNC(=S)Nc2ccc3c(c2)OCCO3)c(OC)c1OC. The van der Waals surface area contributed by atoms with E-state index in [-0.39, 0.29) is 0 Å². The van der Waals surface area contributed by atoms with Gasteiger partial charge in [-0.2, -0.15) is 0 Å². The zero-order valence-corrected chi connectivity index (χ0v) is 16.3. The van der Waals surface area contributed by atoms with Crippen molar-refractivity contribution in [1.82, 2.24) is 5.32 Å². The Morgan fingerprint density at radius 1 is 0.963 bits per heavy atom. The zero-order valence-electron chi connectivity index (χ0n) is 15.5. The van der Waals surface area contributed by atoms with Crippen LogP contribution in [0.1, 0.15) is 5.56 Å². The number of methoxy groups -OCH3 is 3. The zero-order chi connectivity index (χ0) is 19.2. The van der Waals surface area contributed by atoms with Crippen molar-refractivity contribution in [3.63, 3.8) is 0 Å².